The van der Waals surface area contributed by atoms with Crippen molar-refractivity contribution in [3.63, 3.8) is 0 Å². The second kappa shape index (κ2) is 7.38. The molecule has 21 heavy (non-hydrogen) atoms. The molecule has 2 aliphatic rings. The molecule has 0 heterocycles. The van der Waals surface area contributed by atoms with Crippen LogP contribution < -0.4 is 10.6 Å². The van der Waals surface area contributed by atoms with Crippen LogP contribution >= 0.6 is 11.8 Å². The number of hydrogen-bond acceptors (Lipinski definition) is 3. The predicted molar refractivity (Wildman–Crippen MR) is 84.7 cm³/mol. The van der Waals surface area contributed by atoms with Crippen molar-refractivity contribution in [1.82, 2.24) is 10.6 Å². The number of amides is 2. The van der Waals surface area contributed by atoms with Gasteiger partial charge in [0.2, 0.25) is 0 Å². The first-order valence-corrected chi connectivity index (χ1v) is 9.01. The van der Waals surface area contributed by atoms with Gasteiger partial charge in [-0.2, -0.15) is 11.8 Å². The lowest BCUT2D eigenvalue weighted by Crippen LogP contribution is -2.54. The van der Waals surface area contributed by atoms with E-state index in [9.17, 15) is 9.59 Å². The third-order valence-electron chi connectivity index (χ3n) is 4.58. The zero-order valence-corrected chi connectivity index (χ0v) is 13.5. The molecule has 2 amide bonds. The van der Waals surface area contributed by atoms with E-state index < -0.39 is 11.5 Å². The normalized spacial score (nSPS) is 27.5. The van der Waals surface area contributed by atoms with Crippen molar-refractivity contribution in [2.24, 2.45) is 0 Å². The van der Waals surface area contributed by atoms with Crippen LogP contribution in [0.4, 0.5) is 4.79 Å². The average molecular weight is 314 g/mol. The van der Waals surface area contributed by atoms with Gasteiger partial charge in [0.25, 0.3) is 0 Å². The number of carboxylic acid groups (broad SMARTS) is 1. The summed E-state index contributed by atoms with van der Waals surface area (Å²) < 4.78 is 0. The molecule has 2 unspecified atom stereocenters. The fraction of sp³-hybridized carbons (Fsp3) is 0.867. The fourth-order valence-corrected chi connectivity index (χ4v) is 4.84. The van der Waals surface area contributed by atoms with Crippen molar-refractivity contribution in [3.05, 3.63) is 0 Å². The van der Waals surface area contributed by atoms with Gasteiger partial charge in [-0.25, -0.2) is 4.79 Å². The summed E-state index contributed by atoms with van der Waals surface area (Å²) in [7, 11) is 0. The number of nitrogens with one attached hydrogen (secondary N) is 2. The van der Waals surface area contributed by atoms with Gasteiger partial charge in [-0.1, -0.05) is 26.2 Å². The SMILES string of the molecule is CCSC1CCCC1NC(=O)NC1(CC(=O)O)CCCC1. The molecule has 3 N–H and O–H groups in total. The Bertz CT molecular complexity index is 383. The number of aliphatic carboxylic acids is 1. The molecule has 120 valence electrons. The van der Waals surface area contributed by atoms with Crippen molar-refractivity contribution in [2.45, 2.75) is 75.1 Å². The number of urea groups is 1. The third-order valence-corrected chi connectivity index (χ3v) is 5.90. The molecule has 5 nitrogen and oxygen atoms in total. The molecule has 0 aromatic heterocycles. The molecule has 2 rings (SSSR count). The zero-order valence-electron chi connectivity index (χ0n) is 12.7. The van der Waals surface area contributed by atoms with Crippen LogP contribution in [0.5, 0.6) is 0 Å². The topological polar surface area (TPSA) is 78.4 Å². The number of hydrogen-bond donors (Lipinski definition) is 3. The molecular weight excluding hydrogens is 288 g/mol. The first-order valence-electron chi connectivity index (χ1n) is 7.97. The molecule has 0 spiro atoms. The lowest BCUT2D eigenvalue weighted by atomic mass is 9.93. The highest BCUT2D eigenvalue weighted by Gasteiger charge is 2.38. The second-order valence-electron chi connectivity index (χ2n) is 6.19. The van der Waals surface area contributed by atoms with E-state index in [-0.39, 0.29) is 18.5 Å². The molecule has 2 saturated carbocycles. The van der Waals surface area contributed by atoms with E-state index in [1.165, 1.54) is 0 Å². The number of rotatable bonds is 6. The Morgan fingerprint density at radius 2 is 1.95 bits per heavy atom. The fourth-order valence-electron chi connectivity index (χ4n) is 3.64. The van der Waals surface area contributed by atoms with E-state index in [0.717, 1.165) is 50.7 Å². The van der Waals surface area contributed by atoms with Crippen LogP contribution in [-0.2, 0) is 4.79 Å². The Morgan fingerprint density at radius 1 is 1.24 bits per heavy atom. The third kappa shape index (κ3) is 4.53. The largest absolute Gasteiger partial charge is 0.481 e. The van der Waals surface area contributed by atoms with Crippen molar-refractivity contribution in [1.29, 1.82) is 0 Å². The number of carboxylic acids is 1. The van der Waals surface area contributed by atoms with Gasteiger partial charge in [0.15, 0.2) is 0 Å². The molecule has 6 heteroatoms. The number of carbonyl (C=O) groups excluding carboxylic acids is 1. The van der Waals surface area contributed by atoms with E-state index in [2.05, 4.69) is 17.6 Å². The standard InChI is InChI=1S/C15H26N2O3S/c1-2-21-12-7-5-6-11(12)16-14(20)17-15(10-13(18)19)8-3-4-9-15/h11-12H,2-10H2,1H3,(H,18,19)(H2,16,17,20). The maximum atomic E-state index is 12.3. The molecule has 2 fully saturated rings. The average Bonchev–Trinajstić information content (AvgIpc) is 3.00. The Kier molecular flexibility index (Phi) is 5.79. The molecule has 0 radical (unpaired) electrons. The van der Waals surface area contributed by atoms with Crippen LogP contribution in [0.25, 0.3) is 0 Å². The van der Waals surface area contributed by atoms with Crippen LogP contribution in [0.3, 0.4) is 0 Å². The summed E-state index contributed by atoms with van der Waals surface area (Å²) in [5, 5.41) is 15.6. The number of thioether (sulfide) groups is 1. The molecule has 2 atom stereocenters. The Balaban J connectivity index is 1.89. The summed E-state index contributed by atoms with van der Waals surface area (Å²) >= 11 is 1.90. The summed E-state index contributed by atoms with van der Waals surface area (Å²) in [6, 6.07) is 0.0324. The predicted octanol–water partition coefficient (Wildman–Crippen LogP) is 2.75. The van der Waals surface area contributed by atoms with Crippen molar-refractivity contribution in [3.8, 4) is 0 Å². The molecule has 2 aliphatic carbocycles. The van der Waals surface area contributed by atoms with Gasteiger partial charge < -0.3 is 15.7 Å². The Morgan fingerprint density at radius 3 is 2.57 bits per heavy atom. The second-order valence-corrected chi connectivity index (χ2v) is 7.70. The highest BCUT2D eigenvalue weighted by Crippen LogP contribution is 2.33. The smallest absolute Gasteiger partial charge is 0.315 e. The molecule has 0 saturated heterocycles. The van der Waals surface area contributed by atoms with Crippen molar-refractivity contribution < 1.29 is 14.7 Å². The van der Waals surface area contributed by atoms with Gasteiger partial charge in [-0.05, 0) is 31.4 Å². The van der Waals surface area contributed by atoms with E-state index >= 15 is 0 Å². The van der Waals surface area contributed by atoms with E-state index in [0.29, 0.717) is 5.25 Å². The molecule has 0 aromatic carbocycles. The van der Waals surface area contributed by atoms with Gasteiger partial charge in [-0.3, -0.25) is 4.79 Å². The van der Waals surface area contributed by atoms with E-state index in [1.807, 2.05) is 11.8 Å². The van der Waals surface area contributed by atoms with Crippen LogP contribution in [-0.4, -0.2) is 39.7 Å². The molecule has 0 aliphatic heterocycles. The zero-order chi connectivity index (χ0) is 15.3. The van der Waals surface area contributed by atoms with Crippen LogP contribution in [0.1, 0.15) is 58.3 Å². The minimum atomic E-state index is -0.836. The van der Waals surface area contributed by atoms with Crippen molar-refractivity contribution in [2.75, 3.05) is 5.75 Å². The van der Waals surface area contributed by atoms with Gasteiger partial charge in [0, 0.05) is 11.3 Å². The highest BCUT2D eigenvalue weighted by atomic mass is 32.2. The summed E-state index contributed by atoms with van der Waals surface area (Å²) in [4.78, 5) is 23.3. The van der Waals surface area contributed by atoms with Crippen LogP contribution in [0, 0.1) is 0 Å². The number of carbonyl (C=O) groups is 2. The molecule has 0 bridgehead atoms. The van der Waals surface area contributed by atoms with Gasteiger partial charge in [0.05, 0.1) is 12.0 Å². The minimum Gasteiger partial charge on any atom is -0.481 e. The monoisotopic (exact) mass is 314 g/mol. The summed E-state index contributed by atoms with van der Waals surface area (Å²) in [6.07, 6.45) is 6.88. The first-order chi connectivity index (χ1) is 10.0. The highest BCUT2D eigenvalue weighted by molar-refractivity contribution is 7.99. The van der Waals surface area contributed by atoms with Crippen LogP contribution in [0.2, 0.25) is 0 Å². The Labute approximate surface area is 130 Å². The Hall–Kier alpha value is -0.910. The maximum Gasteiger partial charge on any atom is 0.315 e. The van der Waals surface area contributed by atoms with Gasteiger partial charge in [-0.15, -0.1) is 0 Å². The van der Waals surface area contributed by atoms with E-state index in [4.69, 9.17) is 5.11 Å². The summed E-state index contributed by atoms with van der Waals surface area (Å²) in [6.45, 7) is 2.14. The maximum absolute atomic E-state index is 12.3. The minimum absolute atomic E-state index is 0.0260. The van der Waals surface area contributed by atoms with Gasteiger partial charge >= 0.3 is 12.0 Å². The summed E-state index contributed by atoms with van der Waals surface area (Å²) in [5.74, 6) is 0.227. The lowest BCUT2D eigenvalue weighted by Gasteiger charge is -2.30. The quantitative estimate of drug-likeness (QED) is 0.704. The van der Waals surface area contributed by atoms with Gasteiger partial charge in [0.1, 0.15) is 0 Å². The summed E-state index contributed by atoms with van der Waals surface area (Å²) in [5.41, 5.74) is -0.540. The van der Waals surface area contributed by atoms with Crippen LogP contribution in [0.15, 0.2) is 0 Å². The first kappa shape index (κ1) is 16.5. The van der Waals surface area contributed by atoms with Crippen molar-refractivity contribution >= 4 is 23.8 Å². The lowest BCUT2D eigenvalue weighted by molar-refractivity contribution is -0.138. The molecular formula is C15H26N2O3S. The molecule has 0 aromatic rings. The van der Waals surface area contributed by atoms with E-state index in [1.54, 1.807) is 0 Å².